The average Bonchev–Trinajstić information content (AvgIpc) is 2.63. The van der Waals surface area contributed by atoms with Gasteiger partial charge in [-0.1, -0.05) is 46.0 Å². The number of aliphatic carboxylic acids is 1. The predicted octanol–water partition coefficient (Wildman–Crippen LogP) is 4.94. The number of carboxylic acid groups (broad SMARTS) is 1. The first-order valence-corrected chi connectivity index (χ1v) is 12.7. The quantitative estimate of drug-likeness (QED) is 0.139. The lowest BCUT2D eigenvalue weighted by atomic mass is 10.1. The van der Waals surface area contributed by atoms with Crippen LogP contribution in [0.3, 0.4) is 0 Å². The highest BCUT2D eigenvalue weighted by atomic mass is 31.2. The molecule has 0 aromatic carbocycles. The van der Waals surface area contributed by atoms with Gasteiger partial charge in [0.05, 0.1) is 40.3 Å². The van der Waals surface area contributed by atoms with Crippen molar-refractivity contribution < 1.29 is 38.5 Å². The van der Waals surface area contributed by atoms with E-state index in [1.165, 1.54) is 32.1 Å². The molecule has 0 bridgehead atoms. The lowest BCUT2D eigenvalue weighted by Gasteiger charge is -2.29. The zero-order valence-corrected chi connectivity index (χ0v) is 21.3. The molecule has 0 radical (unpaired) electrons. The van der Waals surface area contributed by atoms with Gasteiger partial charge in [-0.2, -0.15) is 0 Å². The summed E-state index contributed by atoms with van der Waals surface area (Å²) in [5.41, 5.74) is 0. The van der Waals surface area contributed by atoms with E-state index in [1.54, 1.807) is 0 Å². The molecule has 0 fully saturated rings. The Balaban J connectivity index is 0. The standard InChI is InChI=1S/C22H46NO6P.H2O/c1-6-8-9-10-12-15-20(7-2)27-16-13-11-14-17-28-30(26)29-21(18-22(24)25)19-23(3,4)5;/h20-21,26H,6-19H2,1-5H3;1H2/t20?,21-,30?;/m1./s1. The van der Waals surface area contributed by atoms with Crippen LogP contribution in [0.4, 0.5) is 0 Å². The molecule has 0 saturated heterocycles. The van der Waals surface area contributed by atoms with E-state index in [2.05, 4.69) is 13.8 Å². The Labute approximate surface area is 191 Å². The second-order valence-corrected chi connectivity index (χ2v) is 9.98. The Morgan fingerprint density at radius 1 is 0.935 bits per heavy atom. The normalized spacial score (nSPS) is 14.6. The van der Waals surface area contributed by atoms with Crippen LogP contribution in [0.25, 0.3) is 0 Å². The van der Waals surface area contributed by atoms with Gasteiger partial charge in [-0.15, -0.1) is 0 Å². The molecule has 0 amide bonds. The molecule has 0 aliphatic rings. The van der Waals surface area contributed by atoms with Gasteiger partial charge in [0, 0.05) is 6.61 Å². The number of carbonyl (C=O) groups is 1. The average molecular weight is 470 g/mol. The summed E-state index contributed by atoms with van der Waals surface area (Å²) in [6, 6.07) is 0. The molecule has 0 aromatic rings. The summed E-state index contributed by atoms with van der Waals surface area (Å²) in [4.78, 5) is 21.0. The molecule has 8 nitrogen and oxygen atoms in total. The number of unbranched alkanes of at least 4 members (excludes halogenated alkanes) is 6. The van der Waals surface area contributed by atoms with E-state index in [0.717, 1.165) is 38.7 Å². The lowest BCUT2D eigenvalue weighted by molar-refractivity contribution is -0.873. The van der Waals surface area contributed by atoms with Gasteiger partial charge in [0.25, 0.3) is 0 Å². The van der Waals surface area contributed by atoms with Crippen LogP contribution in [0.15, 0.2) is 0 Å². The number of rotatable bonds is 21. The van der Waals surface area contributed by atoms with E-state index in [0.29, 0.717) is 23.7 Å². The summed E-state index contributed by atoms with van der Waals surface area (Å²) in [6.07, 6.45) is 11.1. The van der Waals surface area contributed by atoms with Crippen LogP contribution in [0.5, 0.6) is 0 Å². The van der Waals surface area contributed by atoms with Crippen molar-refractivity contribution in [1.29, 1.82) is 0 Å². The highest BCUT2D eigenvalue weighted by Gasteiger charge is 2.25. The van der Waals surface area contributed by atoms with Crippen LogP contribution in [-0.4, -0.2) is 79.0 Å². The first-order chi connectivity index (χ1) is 14.2. The zero-order chi connectivity index (χ0) is 22.8. The zero-order valence-electron chi connectivity index (χ0n) is 20.4. The highest BCUT2D eigenvalue weighted by molar-refractivity contribution is 7.40. The molecule has 0 aromatic heterocycles. The van der Waals surface area contributed by atoms with E-state index < -0.39 is 20.7 Å². The summed E-state index contributed by atoms with van der Waals surface area (Å²) in [7, 11) is 3.81. The number of likely N-dealkylation sites (N-methyl/N-ethyl adjacent to an activating group) is 1. The third-order valence-corrected chi connectivity index (χ3v) is 5.70. The number of quaternary nitrogens is 1. The van der Waals surface area contributed by atoms with Crippen molar-refractivity contribution in [3.05, 3.63) is 0 Å². The molecular weight excluding hydrogens is 421 g/mol. The highest BCUT2D eigenvalue weighted by Crippen LogP contribution is 2.36. The van der Waals surface area contributed by atoms with E-state index in [-0.39, 0.29) is 11.9 Å². The van der Waals surface area contributed by atoms with Gasteiger partial charge in [-0.25, -0.2) is 0 Å². The molecule has 0 aliphatic heterocycles. The van der Waals surface area contributed by atoms with Crippen molar-refractivity contribution >= 4 is 14.6 Å². The minimum Gasteiger partial charge on any atom is -0.870 e. The molecule has 3 atom stereocenters. The van der Waals surface area contributed by atoms with Crippen LogP contribution < -0.4 is 0 Å². The number of hydrogen-bond acceptors (Lipinski definition) is 6. The Morgan fingerprint density at radius 2 is 1.55 bits per heavy atom. The molecule has 9 heteroatoms. The van der Waals surface area contributed by atoms with Gasteiger partial charge >= 0.3 is 14.6 Å². The van der Waals surface area contributed by atoms with Gasteiger partial charge in [0.1, 0.15) is 12.6 Å². The summed E-state index contributed by atoms with van der Waals surface area (Å²) in [6.45, 7) is 6.08. The monoisotopic (exact) mass is 469 g/mol. The Hall–Kier alpha value is -0.340. The maximum absolute atomic E-state index is 11.0. The Kier molecular flexibility index (Phi) is 21.5. The molecule has 2 unspecified atom stereocenters. The number of nitrogens with zero attached hydrogens (tertiary/aromatic N) is 1. The fourth-order valence-electron chi connectivity index (χ4n) is 3.25. The molecule has 31 heavy (non-hydrogen) atoms. The molecule has 0 rings (SSSR count). The van der Waals surface area contributed by atoms with Crippen LogP contribution in [-0.2, 0) is 18.6 Å². The lowest BCUT2D eigenvalue weighted by Crippen LogP contribution is -2.42. The van der Waals surface area contributed by atoms with E-state index in [1.807, 2.05) is 21.1 Å². The summed E-state index contributed by atoms with van der Waals surface area (Å²) in [5, 5.41) is 9.01. The van der Waals surface area contributed by atoms with E-state index >= 15 is 0 Å². The second-order valence-electron chi connectivity index (χ2n) is 9.03. The van der Waals surface area contributed by atoms with E-state index in [4.69, 9.17) is 18.9 Å². The minimum absolute atomic E-state index is 0. The van der Waals surface area contributed by atoms with Crippen molar-refractivity contribution in [2.45, 2.75) is 96.7 Å². The number of carboxylic acids is 1. The molecule has 188 valence electrons. The van der Waals surface area contributed by atoms with Gasteiger partial charge in [0.2, 0.25) is 0 Å². The van der Waals surface area contributed by atoms with Crippen molar-refractivity contribution in [3.8, 4) is 0 Å². The van der Waals surface area contributed by atoms with Crippen LogP contribution >= 0.6 is 8.60 Å². The Bertz CT molecular complexity index is 421. The van der Waals surface area contributed by atoms with Gasteiger partial charge < -0.3 is 33.7 Å². The number of hydrogen-bond donors (Lipinski definition) is 2. The van der Waals surface area contributed by atoms with Crippen molar-refractivity contribution in [1.82, 2.24) is 0 Å². The SMILES string of the molecule is CCCCCCCC(CC)OCCCCCOP(O)O[C@H](CC(=O)O)C[N+](C)(C)C.[OH-]. The van der Waals surface area contributed by atoms with Crippen molar-refractivity contribution in [2.24, 2.45) is 0 Å². The molecule has 0 heterocycles. The molecule has 0 aliphatic carbocycles. The maximum atomic E-state index is 11.0. The van der Waals surface area contributed by atoms with Crippen molar-refractivity contribution in [3.63, 3.8) is 0 Å². The van der Waals surface area contributed by atoms with E-state index in [9.17, 15) is 9.69 Å². The Morgan fingerprint density at radius 3 is 2.13 bits per heavy atom. The van der Waals surface area contributed by atoms with Gasteiger partial charge in [-0.3, -0.25) is 4.79 Å². The first-order valence-electron chi connectivity index (χ1n) is 11.6. The maximum Gasteiger partial charge on any atom is 0.330 e. The van der Waals surface area contributed by atoms with Crippen LogP contribution in [0.2, 0.25) is 0 Å². The fraction of sp³-hybridized carbons (Fsp3) is 0.955. The fourth-order valence-corrected chi connectivity index (χ4v) is 4.00. The topological polar surface area (TPSA) is 115 Å². The summed E-state index contributed by atoms with van der Waals surface area (Å²) >= 11 is 0. The molecule has 0 saturated carbocycles. The largest absolute Gasteiger partial charge is 0.870 e. The van der Waals surface area contributed by atoms with Crippen LogP contribution in [0.1, 0.15) is 84.5 Å². The van der Waals surface area contributed by atoms with Gasteiger partial charge in [0.15, 0.2) is 0 Å². The summed E-state index contributed by atoms with van der Waals surface area (Å²) in [5.74, 6) is -0.941. The predicted molar refractivity (Wildman–Crippen MR) is 124 cm³/mol. The molecule has 0 spiro atoms. The smallest absolute Gasteiger partial charge is 0.330 e. The van der Waals surface area contributed by atoms with Crippen molar-refractivity contribution in [2.75, 3.05) is 40.9 Å². The molecule has 3 N–H and O–H groups in total. The second kappa shape index (κ2) is 20.3. The molecular formula is C22H48NO7P. The van der Waals surface area contributed by atoms with Crippen LogP contribution in [0, 0.1) is 0 Å². The first kappa shape index (κ1) is 32.8. The van der Waals surface area contributed by atoms with Gasteiger partial charge in [-0.05, 0) is 32.1 Å². The summed E-state index contributed by atoms with van der Waals surface area (Å²) < 4.78 is 17.4. The minimum atomic E-state index is -2.06. The number of ether oxygens (including phenoxy) is 1. The third-order valence-electron chi connectivity index (χ3n) is 4.82. The third kappa shape index (κ3) is 22.6.